The second kappa shape index (κ2) is 28.9. The molecule has 9 rings (SSSR count). The number of hydrogen-bond donors (Lipinski definition) is 5. The summed E-state index contributed by atoms with van der Waals surface area (Å²) in [4.78, 5) is 64.2. The molecule has 0 radical (unpaired) electrons. The average Bonchev–Trinajstić information content (AvgIpc) is 4.36. The molecular weight excluding hydrogens is 1070 g/mol. The molecule has 21 heteroatoms. The van der Waals surface area contributed by atoms with Gasteiger partial charge in [0.05, 0.1) is 53.2 Å². The molecule has 438 valence electrons. The number of sulfonamides is 1. The number of hydrogen-bond acceptors (Lipinski definition) is 15. The molecule has 4 saturated carbocycles. The van der Waals surface area contributed by atoms with Gasteiger partial charge in [-0.1, -0.05) is 43.1 Å². The summed E-state index contributed by atoms with van der Waals surface area (Å²) in [5.41, 5.74) is 2.25. The highest BCUT2D eigenvalue weighted by Crippen LogP contribution is 2.38. The van der Waals surface area contributed by atoms with E-state index in [1.54, 1.807) is 36.5 Å². The maximum absolute atomic E-state index is 13.7. The summed E-state index contributed by atoms with van der Waals surface area (Å²) < 4.78 is 49.1. The fourth-order valence-corrected chi connectivity index (χ4v) is 15.0. The Balaban J connectivity index is 0.611. The number of likely N-dealkylation sites (tertiary alicyclic amines) is 1. The van der Waals surface area contributed by atoms with Crippen LogP contribution >= 0.6 is 11.3 Å². The van der Waals surface area contributed by atoms with Gasteiger partial charge in [-0.25, -0.2) is 13.4 Å². The van der Waals surface area contributed by atoms with Crippen LogP contribution in [0.2, 0.25) is 0 Å². The minimum Gasteiger partial charge on any atom is -0.493 e. The van der Waals surface area contributed by atoms with E-state index in [4.69, 9.17) is 14.2 Å². The van der Waals surface area contributed by atoms with Gasteiger partial charge in [-0.3, -0.25) is 28.9 Å². The van der Waals surface area contributed by atoms with Crippen molar-refractivity contribution < 1.29 is 41.8 Å². The van der Waals surface area contributed by atoms with Crippen LogP contribution in [-0.4, -0.2) is 136 Å². The Bertz CT molecular complexity index is 2900. The monoisotopic (exact) mass is 1150 g/mol. The van der Waals surface area contributed by atoms with E-state index in [1.807, 2.05) is 30.3 Å². The molecule has 4 aliphatic carbocycles. The van der Waals surface area contributed by atoms with Crippen molar-refractivity contribution in [1.29, 1.82) is 5.26 Å². The summed E-state index contributed by atoms with van der Waals surface area (Å²) >= 11 is 1.23. The van der Waals surface area contributed by atoms with Crippen LogP contribution in [-0.2, 0) is 38.7 Å². The van der Waals surface area contributed by atoms with Crippen molar-refractivity contribution in [1.82, 2.24) is 35.7 Å². The lowest BCUT2D eigenvalue weighted by molar-refractivity contribution is -0.128. The molecule has 0 spiro atoms. The standard InChI is InChI=1S/C60H82N10O9S2/c1-69(52-14-6-5-13-50(52)65-45-20-27-54(43(34-45)37-61)81(75,76)68-60-67-51-26-25-48(35-53(51)80-60)79-39-40-10-3-4-11-40)31-9-29-63-58(73)41-16-18-44(19-17-41)66-55(71)15-8-32-77-46-21-23-47(24-22-46)78-33-30-64-59(74)49-36-56(72)70(2)57(49)42-12-7-28-62-38-42/h7,12,20,25-28,34-35,38,40-41,44,46-47,49-50,52,57,65H,3-6,8-11,13-19,21-24,29-33,36,39H2,1-2H3,(H,63,73)(H,64,74)(H,66,71)(H,67,68)/t41?,44?,46?,47?,49-,50-,52-,57+/m0/s1. The van der Waals surface area contributed by atoms with Gasteiger partial charge >= 0.3 is 0 Å². The van der Waals surface area contributed by atoms with Crippen molar-refractivity contribution >= 4 is 66.0 Å². The van der Waals surface area contributed by atoms with Gasteiger partial charge in [0.25, 0.3) is 10.0 Å². The highest BCUT2D eigenvalue weighted by atomic mass is 32.2. The van der Waals surface area contributed by atoms with Gasteiger partial charge in [0.15, 0.2) is 5.13 Å². The van der Waals surface area contributed by atoms with Gasteiger partial charge in [-0.2, -0.15) is 5.26 Å². The van der Waals surface area contributed by atoms with Gasteiger partial charge in [0, 0.05) is 81.7 Å². The molecular formula is C60H82N10O9S2. The van der Waals surface area contributed by atoms with E-state index < -0.39 is 15.9 Å². The molecule has 2 aromatic heterocycles. The number of carbonyl (C=O) groups is 4. The largest absolute Gasteiger partial charge is 0.493 e. The number of nitrogens with one attached hydrogen (secondary N) is 5. The van der Waals surface area contributed by atoms with E-state index in [2.05, 4.69) is 54.0 Å². The maximum atomic E-state index is 13.7. The van der Waals surface area contributed by atoms with Crippen molar-refractivity contribution in [2.45, 2.75) is 170 Å². The first-order valence-electron chi connectivity index (χ1n) is 29.6. The highest BCUT2D eigenvalue weighted by Gasteiger charge is 2.43. The Labute approximate surface area is 481 Å². The predicted octanol–water partition coefficient (Wildman–Crippen LogP) is 8.23. The van der Waals surface area contributed by atoms with E-state index in [9.17, 15) is 32.9 Å². The number of nitriles is 1. The first-order chi connectivity index (χ1) is 39.3. The van der Waals surface area contributed by atoms with Crippen LogP contribution in [0, 0.1) is 29.1 Å². The number of aromatic nitrogens is 2. The number of nitrogens with zero attached hydrogens (tertiary/aromatic N) is 5. The van der Waals surface area contributed by atoms with Crippen molar-refractivity contribution in [3.63, 3.8) is 0 Å². The number of fused-ring (bicyclic) bond motifs is 1. The molecule has 1 saturated heterocycles. The van der Waals surface area contributed by atoms with Crippen LogP contribution in [0.3, 0.4) is 0 Å². The van der Waals surface area contributed by atoms with Crippen LogP contribution in [0.15, 0.2) is 65.8 Å². The molecule has 81 heavy (non-hydrogen) atoms. The van der Waals surface area contributed by atoms with Crippen LogP contribution < -0.4 is 30.7 Å². The molecule has 1 aliphatic heterocycles. The van der Waals surface area contributed by atoms with Crippen LogP contribution in [0.5, 0.6) is 5.75 Å². The number of carbonyl (C=O) groups excluding carboxylic acids is 4. The molecule has 4 aromatic rings. The Hall–Kier alpha value is -5.92. The third kappa shape index (κ3) is 16.4. The SMILES string of the molecule is CN(CCCNC(=O)C1CCC(NC(=O)CCCOC2CCC(OCCNC(=O)[C@H]3CC(=O)N(C)[C@@H]3c3cccnc3)CC2)CC1)[C@H]1CCCC[C@@H]1Nc1ccc(S(=O)(=O)Nc2nc3ccc(OCC4CCCC4)cc3s2)c(C#N)c1. The maximum Gasteiger partial charge on any atom is 0.264 e. The number of amides is 4. The van der Waals surface area contributed by atoms with E-state index in [0.29, 0.717) is 62.9 Å². The zero-order chi connectivity index (χ0) is 56.7. The smallest absolute Gasteiger partial charge is 0.264 e. The Kier molecular flexibility index (Phi) is 21.3. The number of pyridine rings is 1. The van der Waals surface area contributed by atoms with E-state index in [-0.39, 0.29) is 87.9 Å². The molecule has 5 fully saturated rings. The number of rotatable bonds is 26. The molecule has 0 bridgehead atoms. The molecule has 5 aliphatic rings. The number of ether oxygens (including phenoxy) is 3. The van der Waals surface area contributed by atoms with E-state index in [1.165, 1.54) is 43.1 Å². The lowest BCUT2D eigenvalue weighted by Crippen LogP contribution is -2.48. The van der Waals surface area contributed by atoms with Gasteiger partial charge < -0.3 is 45.3 Å². The molecule has 3 heterocycles. The lowest BCUT2D eigenvalue weighted by atomic mass is 9.85. The highest BCUT2D eigenvalue weighted by molar-refractivity contribution is 7.93. The van der Waals surface area contributed by atoms with Crippen molar-refractivity contribution in [3.05, 3.63) is 72.1 Å². The zero-order valence-corrected chi connectivity index (χ0v) is 48.7. The first-order valence-corrected chi connectivity index (χ1v) is 31.9. The number of anilines is 2. The molecule has 19 nitrogen and oxygen atoms in total. The zero-order valence-electron chi connectivity index (χ0n) is 47.1. The van der Waals surface area contributed by atoms with Gasteiger partial charge in [-0.15, -0.1) is 0 Å². The van der Waals surface area contributed by atoms with Crippen molar-refractivity contribution in [2.75, 3.05) is 63.6 Å². The minimum atomic E-state index is -4.11. The van der Waals surface area contributed by atoms with Crippen LogP contribution in [0.1, 0.15) is 146 Å². The van der Waals surface area contributed by atoms with Crippen molar-refractivity contribution in [3.8, 4) is 11.8 Å². The van der Waals surface area contributed by atoms with Gasteiger partial charge in [0.1, 0.15) is 16.7 Å². The number of likely N-dealkylation sites (N-methyl/N-ethyl adjacent to an activating group) is 1. The fraction of sp³-hybridized carbons (Fsp3) is 0.617. The summed E-state index contributed by atoms with van der Waals surface area (Å²) in [7, 11) is -0.270. The quantitative estimate of drug-likeness (QED) is 0.0372. The normalized spacial score (nSPS) is 24.4. The topological polar surface area (TPSA) is 246 Å². The summed E-state index contributed by atoms with van der Waals surface area (Å²) in [6.45, 7) is 3.35. The predicted molar refractivity (Wildman–Crippen MR) is 311 cm³/mol. The first kappa shape index (κ1) is 59.7. The third-order valence-corrected chi connectivity index (χ3v) is 19.7. The van der Waals surface area contributed by atoms with Crippen molar-refractivity contribution in [2.24, 2.45) is 17.8 Å². The van der Waals surface area contributed by atoms with E-state index >= 15 is 0 Å². The molecule has 2 aromatic carbocycles. The molecule has 4 amide bonds. The summed E-state index contributed by atoms with van der Waals surface area (Å²) in [6, 6.07) is 16.3. The second-order valence-electron chi connectivity index (χ2n) is 23.0. The summed E-state index contributed by atoms with van der Waals surface area (Å²) in [6.07, 6.45) is 21.1. The lowest BCUT2D eigenvalue weighted by Gasteiger charge is -2.39. The average molecular weight is 1150 g/mol. The molecule has 5 N–H and O–H groups in total. The number of thiazole rings is 1. The summed E-state index contributed by atoms with van der Waals surface area (Å²) in [5, 5.41) is 23.3. The second-order valence-corrected chi connectivity index (χ2v) is 25.6. The van der Waals surface area contributed by atoms with Crippen LogP contribution in [0.4, 0.5) is 10.8 Å². The molecule has 4 atom stereocenters. The van der Waals surface area contributed by atoms with Gasteiger partial charge in [-0.05, 0) is 157 Å². The molecule has 0 unspecified atom stereocenters. The number of benzene rings is 2. The Morgan fingerprint density at radius 1 is 0.852 bits per heavy atom. The van der Waals surface area contributed by atoms with Crippen LogP contribution in [0.25, 0.3) is 10.2 Å². The fourth-order valence-electron chi connectivity index (χ4n) is 12.7. The Morgan fingerprint density at radius 2 is 1.59 bits per heavy atom. The van der Waals surface area contributed by atoms with Gasteiger partial charge in [0.2, 0.25) is 23.6 Å². The third-order valence-electron chi connectivity index (χ3n) is 17.3. The Morgan fingerprint density at radius 3 is 2.35 bits per heavy atom. The minimum absolute atomic E-state index is 0.0221. The van der Waals surface area contributed by atoms with E-state index in [0.717, 1.165) is 106 Å². The summed E-state index contributed by atoms with van der Waals surface area (Å²) in [5.74, 6) is 0.675.